The lowest BCUT2D eigenvalue weighted by Gasteiger charge is -2.21. The van der Waals surface area contributed by atoms with E-state index in [1.54, 1.807) is 0 Å². The fourth-order valence-corrected chi connectivity index (χ4v) is 6.68. The molecule has 0 aliphatic rings. The van der Waals surface area contributed by atoms with Crippen molar-refractivity contribution in [2.24, 2.45) is 5.92 Å². The van der Waals surface area contributed by atoms with Crippen molar-refractivity contribution < 1.29 is 77.5 Å². The summed E-state index contributed by atoms with van der Waals surface area (Å²) >= 11 is 0. The highest BCUT2D eigenvalue weighted by Gasteiger charge is 2.57. The first-order chi connectivity index (χ1) is 30.1. The molecule has 0 rings (SSSR count). The fraction of sp³-hybridized carbons (Fsp3) is 0.913. The monoisotopic (exact) mass is 948 g/mol. The third-order valence-corrected chi connectivity index (χ3v) is 10.8. The number of unbranched alkanes of at least 4 members (excludes halogenated alkanes) is 13. The molecule has 0 heterocycles. The van der Waals surface area contributed by atoms with E-state index in [0.717, 1.165) is 83.7 Å². The third-order valence-electron chi connectivity index (χ3n) is 10.8. The predicted molar refractivity (Wildman–Crippen MR) is 227 cm³/mol. The molecule has 0 spiro atoms. The molecule has 0 saturated carbocycles. The first-order valence-corrected chi connectivity index (χ1v) is 23.5. The van der Waals surface area contributed by atoms with Crippen LogP contribution in [0.2, 0.25) is 0 Å². The summed E-state index contributed by atoms with van der Waals surface area (Å²) in [7, 11) is 0. The number of halogens is 10. The Labute approximate surface area is 375 Å². The Balaban J connectivity index is 4.35. The van der Waals surface area contributed by atoms with Gasteiger partial charge in [-0.2, -0.15) is 43.9 Å². The minimum Gasteiger partial charge on any atom is -0.466 e. The molecule has 380 valence electrons. The zero-order chi connectivity index (χ0) is 48.3. The zero-order valence-electron chi connectivity index (χ0n) is 38.7. The van der Waals surface area contributed by atoms with E-state index in [1.807, 2.05) is 0 Å². The minimum atomic E-state index is -5.60. The Bertz CT molecular complexity index is 1160. The van der Waals surface area contributed by atoms with Gasteiger partial charge in [0.05, 0.1) is 26.2 Å². The second-order valence-corrected chi connectivity index (χ2v) is 17.1. The van der Waals surface area contributed by atoms with Crippen LogP contribution in [0.25, 0.3) is 0 Å². The number of alkyl halides is 10. The van der Waals surface area contributed by atoms with Gasteiger partial charge in [-0.05, 0) is 103 Å². The number of ether oxygens (including phenoxy) is 4. The summed E-state index contributed by atoms with van der Waals surface area (Å²) in [5, 5.41) is 9.51. The molecular formula is C46H79F10NO7. The number of hydrogen-bond donors (Lipinski definition) is 1. The molecule has 1 unspecified atom stereocenters. The molecule has 0 aromatic heterocycles. The molecule has 0 bridgehead atoms. The van der Waals surface area contributed by atoms with Gasteiger partial charge in [0.25, 0.3) is 0 Å². The number of carbonyl (C=O) groups is 2. The number of aliphatic hydroxyl groups is 1. The number of rotatable bonds is 42. The van der Waals surface area contributed by atoms with E-state index in [9.17, 15) is 58.6 Å². The predicted octanol–water partition coefficient (Wildman–Crippen LogP) is 13.5. The quantitative estimate of drug-likeness (QED) is 0.0213. The molecule has 0 aromatic rings. The van der Waals surface area contributed by atoms with Gasteiger partial charge in [-0.1, -0.05) is 76.4 Å². The molecule has 0 amide bonds. The van der Waals surface area contributed by atoms with Crippen molar-refractivity contribution in [1.29, 1.82) is 0 Å². The Morgan fingerprint density at radius 1 is 0.531 bits per heavy atom. The van der Waals surface area contributed by atoms with Gasteiger partial charge in [-0.25, -0.2) is 0 Å². The third kappa shape index (κ3) is 34.2. The van der Waals surface area contributed by atoms with E-state index >= 15 is 0 Å². The smallest absolute Gasteiger partial charge is 0.453 e. The molecule has 64 heavy (non-hydrogen) atoms. The van der Waals surface area contributed by atoms with Crippen LogP contribution < -0.4 is 0 Å². The summed E-state index contributed by atoms with van der Waals surface area (Å²) < 4.78 is 149. The summed E-state index contributed by atoms with van der Waals surface area (Å²) in [6, 6.07) is 0. The largest absolute Gasteiger partial charge is 0.466 e. The van der Waals surface area contributed by atoms with E-state index in [0.29, 0.717) is 57.6 Å². The van der Waals surface area contributed by atoms with E-state index in [-0.39, 0.29) is 70.9 Å². The molecule has 0 aliphatic carbocycles. The standard InChI is InChI=1S/C46H79F10NO7/c1-38(2)22-21-23-39(3)27-37-62-40(59)24-13-5-4-8-16-30-57(32-33-58)31-17-9-12-18-34-61-41(60)25-26-42(63-35-19-10-6-14-28-43(47,48)45(51,52)53)64-36-20-11-7-15-29-44(49,50)46(54,55)56/h22,39,42,58H,4-21,23-37H2,1-3H3. The van der Waals surface area contributed by atoms with Crippen LogP contribution in [0.4, 0.5) is 43.9 Å². The average Bonchev–Trinajstić information content (AvgIpc) is 3.19. The summed E-state index contributed by atoms with van der Waals surface area (Å²) in [4.78, 5) is 26.7. The van der Waals surface area contributed by atoms with Crippen molar-refractivity contribution in [3.8, 4) is 0 Å². The van der Waals surface area contributed by atoms with Gasteiger partial charge >= 0.3 is 36.1 Å². The summed E-state index contributed by atoms with van der Waals surface area (Å²) in [5.41, 5.74) is 1.32. The lowest BCUT2D eigenvalue weighted by molar-refractivity contribution is -0.284. The van der Waals surface area contributed by atoms with Crippen LogP contribution in [0.1, 0.15) is 181 Å². The van der Waals surface area contributed by atoms with Crippen molar-refractivity contribution in [3.05, 3.63) is 11.6 Å². The van der Waals surface area contributed by atoms with Crippen LogP contribution in [0.3, 0.4) is 0 Å². The normalized spacial score (nSPS) is 13.2. The summed E-state index contributed by atoms with van der Waals surface area (Å²) in [6.45, 7) is 9.54. The second-order valence-electron chi connectivity index (χ2n) is 17.1. The van der Waals surface area contributed by atoms with Crippen LogP contribution >= 0.6 is 0 Å². The van der Waals surface area contributed by atoms with E-state index in [4.69, 9.17) is 18.9 Å². The maximum atomic E-state index is 13.1. The number of nitrogens with zero attached hydrogens (tertiary/aromatic N) is 1. The number of allylic oxidation sites excluding steroid dienone is 2. The average molecular weight is 948 g/mol. The number of esters is 2. The maximum absolute atomic E-state index is 13.1. The molecule has 1 atom stereocenters. The van der Waals surface area contributed by atoms with Crippen molar-refractivity contribution in [3.63, 3.8) is 0 Å². The molecule has 0 aromatic carbocycles. The van der Waals surface area contributed by atoms with Gasteiger partial charge in [0.15, 0.2) is 6.29 Å². The lowest BCUT2D eigenvalue weighted by Crippen LogP contribution is -2.36. The summed E-state index contributed by atoms with van der Waals surface area (Å²) in [5.74, 6) is -9.62. The Kier molecular flexibility index (Phi) is 34.7. The van der Waals surface area contributed by atoms with Gasteiger partial charge in [0, 0.05) is 45.4 Å². The Morgan fingerprint density at radius 3 is 1.47 bits per heavy atom. The van der Waals surface area contributed by atoms with Crippen LogP contribution in [0.15, 0.2) is 11.6 Å². The van der Waals surface area contributed by atoms with Crippen LogP contribution in [0.5, 0.6) is 0 Å². The van der Waals surface area contributed by atoms with Gasteiger partial charge in [-0.15, -0.1) is 0 Å². The highest BCUT2D eigenvalue weighted by atomic mass is 19.4. The Morgan fingerprint density at radius 2 is 0.969 bits per heavy atom. The summed E-state index contributed by atoms with van der Waals surface area (Å²) in [6.07, 6.45) is -0.0602. The molecule has 0 radical (unpaired) electrons. The lowest BCUT2D eigenvalue weighted by atomic mass is 10.0. The van der Waals surface area contributed by atoms with Gasteiger partial charge in [0.1, 0.15) is 0 Å². The maximum Gasteiger partial charge on any atom is 0.453 e. The van der Waals surface area contributed by atoms with E-state index in [2.05, 4.69) is 31.7 Å². The van der Waals surface area contributed by atoms with Crippen LogP contribution in [-0.4, -0.2) is 105 Å². The van der Waals surface area contributed by atoms with E-state index in [1.165, 1.54) is 5.57 Å². The first kappa shape index (κ1) is 61.8. The number of aliphatic hydroxyl groups excluding tert-OH is 1. The minimum absolute atomic E-state index is 0.0642. The van der Waals surface area contributed by atoms with Crippen molar-refractivity contribution in [2.75, 3.05) is 52.7 Å². The topological polar surface area (TPSA) is 94.5 Å². The number of carbonyl (C=O) groups excluding carboxylic acids is 2. The molecule has 0 fully saturated rings. The van der Waals surface area contributed by atoms with Gasteiger partial charge in [0.2, 0.25) is 0 Å². The number of hydrogen-bond acceptors (Lipinski definition) is 8. The molecule has 8 nitrogen and oxygen atoms in total. The highest BCUT2D eigenvalue weighted by Crippen LogP contribution is 2.40. The molecule has 1 N–H and O–H groups in total. The molecular weight excluding hydrogens is 868 g/mol. The fourth-order valence-electron chi connectivity index (χ4n) is 6.68. The molecule has 0 aliphatic heterocycles. The second kappa shape index (κ2) is 35.9. The van der Waals surface area contributed by atoms with Crippen molar-refractivity contribution >= 4 is 11.9 Å². The van der Waals surface area contributed by atoms with Crippen LogP contribution in [0, 0.1) is 5.92 Å². The van der Waals surface area contributed by atoms with Crippen molar-refractivity contribution in [2.45, 2.75) is 212 Å². The van der Waals surface area contributed by atoms with E-state index < -0.39 is 49.3 Å². The van der Waals surface area contributed by atoms with Gasteiger partial charge < -0.3 is 29.0 Å². The van der Waals surface area contributed by atoms with Gasteiger partial charge in [-0.3, -0.25) is 9.59 Å². The zero-order valence-corrected chi connectivity index (χ0v) is 38.7. The Hall–Kier alpha value is -2.18. The van der Waals surface area contributed by atoms with Crippen LogP contribution in [-0.2, 0) is 28.5 Å². The first-order valence-electron chi connectivity index (χ1n) is 23.5. The molecule has 18 heteroatoms. The highest BCUT2D eigenvalue weighted by molar-refractivity contribution is 5.69. The van der Waals surface area contributed by atoms with Crippen molar-refractivity contribution in [1.82, 2.24) is 4.90 Å². The SMILES string of the molecule is CC(C)=CCCC(C)CCOC(=O)CCCCCCCN(CCO)CCCCCCOC(=O)CCC(OCCCCCCC(F)(F)C(F)(F)F)OCCCCCCC(F)(F)C(F)(F)F. The molecule has 0 saturated heterocycles.